The molecule has 12 heteroatoms. The van der Waals surface area contributed by atoms with Crippen molar-refractivity contribution in [1.29, 1.82) is 0 Å². The molecule has 0 bridgehead atoms. The van der Waals surface area contributed by atoms with Gasteiger partial charge in [0.1, 0.15) is 11.8 Å². The van der Waals surface area contributed by atoms with Gasteiger partial charge in [-0.3, -0.25) is 9.59 Å². The van der Waals surface area contributed by atoms with Crippen molar-refractivity contribution in [3.05, 3.63) is 65.2 Å². The number of halogens is 6. The molecule has 2 aliphatic rings. The first-order chi connectivity index (χ1) is 17.8. The Morgan fingerprint density at radius 3 is 2.16 bits per heavy atom. The predicted octanol–water partition coefficient (Wildman–Crippen LogP) is 4.18. The molecule has 1 aliphatic carbocycles. The molecule has 2 unspecified atom stereocenters. The number of ether oxygens (including phenoxy) is 1. The molecule has 0 spiro atoms. The molecule has 2 aromatic rings. The molecule has 206 valence electrons. The highest BCUT2D eigenvalue weighted by molar-refractivity contribution is 5.95. The monoisotopic (exact) mass is 543 g/mol. The van der Waals surface area contributed by atoms with Gasteiger partial charge >= 0.3 is 12.5 Å². The fraction of sp³-hybridized carbons (Fsp3) is 0.462. The second-order valence-corrected chi connectivity index (χ2v) is 9.64. The zero-order valence-corrected chi connectivity index (χ0v) is 20.5. The van der Waals surface area contributed by atoms with Crippen LogP contribution >= 0.6 is 0 Å². The fourth-order valence-corrected chi connectivity index (χ4v) is 4.73. The SMILES string of the molecule is CNC1CCN(C(=O)C(Cc2ccc(C(F)(F)F)cc2)NC(=O)C2(c3ccc(OC(F)(F)F)cc3)CC2)C1. The lowest BCUT2D eigenvalue weighted by Crippen LogP contribution is -2.52. The number of hydrogen-bond donors (Lipinski definition) is 2. The van der Waals surface area contributed by atoms with Crippen LogP contribution in [-0.2, 0) is 27.6 Å². The third kappa shape index (κ3) is 6.40. The molecule has 2 atom stereocenters. The van der Waals surface area contributed by atoms with Crippen LogP contribution in [0, 0.1) is 0 Å². The molecule has 2 amide bonds. The second kappa shape index (κ2) is 10.5. The minimum atomic E-state index is -4.84. The van der Waals surface area contributed by atoms with Crippen molar-refractivity contribution >= 4 is 11.8 Å². The maximum absolute atomic E-state index is 13.4. The number of likely N-dealkylation sites (tertiary alicyclic amines) is 1. The number of benzene rings is 2. The summed E-state index contributed by atoms with van der Waals surface area (Å²) < 4.78 is 80.3. The number of hydrogen-bond acceptors (Lipinski definition) is 4. The normalized spacial score (nSPS) is 19.7. The van der Waals surface area contributed by atoms with Crippen LogP contribution in [0.2, 0.25) is 0 Å². The van der Waals surface area contributed by atoms with E-state index in [2.05, 4.69) is 15.4 Å². The number of amides is 2. The topological polar surface area (TPSA) is 70.7 Å². The number of rotatable bonds is 8. The van der Waals surface area contributed by atoms with E-state index in [1.165, 1.54) is 24.3 Å². The molecule has 1 saturated heterocycles. The standard InChI is InChI=1S/C26H27F6N3O3/c1-33-19-10-13-35(15-19)22(36)21(14-16-2-4-18(5-3-16)25(27,28)29)34-23(37)24(11-12-24)17-6-8-20(9-7-17)38-26(30,31)32/h2-9,19,21,33H,10-15H2,1H3,(H,34,37). The van der Waals surface area contributed by atoms with Crippen molar-refractivity contribution in [2.24, 2.45) is 0 Å². The zero-order chi connectivity index (χ0) is 27.7. The van der Waals surface area contributed by atoms with Gasteiger partial charge in [0.25, 0.3) is 0 Å². The minimum Gasteiger partial charge on any atom is -0.406 e. The molecule has 4 rings (SSSR count). The van der Waals surface area contributed by atoms with Crippen molar-refractivity contribution in [1.82, 2.24) is 15.5 Å². The van der Waals surface area contributed by atoms with Crippen molar-refractivity contribution in [2.45, 2.75) is 55.7 Å². The smallest absolute Gasteiger partial charge is 0.406 e. The molecule has 1 saturated carbocycles. The number of nitrogens with zero attached hydrogens (tertiary/aromatic N) is 1. The van der Waals surface area contributed by atoms with Crippen LogP contribution in [0.15, 0.2) is 48.5 Å². The lowest BCUT2D eigenvalue weighted by Gasteiger charge is -2.27. The van der Waals surface area contributed by atoms with Gasteiger partial charge in [-0.05, 0) is 61.7 Å². The Kier molecular flexibility index (Phi) is 7.64. The van der Waals surface area contributed by atoms with Crippen LogP contribution in [0.25, 0.3) is 0 Å². The average molecular weight is 544 g/mol. The molecule has 0 radical (unpaired) electrons. The van der Waals surface area contributed by atoms with E-state index < -0.39 is 41.2 Å². The average Bonchev–Trinajstić information content (AvgIpc) is 3.52. The summed E-state index contributed by atoms with van der Waals surface area (Å²) in [5.74, 6) is -1.22. The predicted molar refractivity (Wildman–Crippen MR) is 125 cm³/mol. The Balaban J connectivity index is 1.52. The van der Waals surface area contributed by atoms with E-state index in [1.54, 1.807) is 11.9 Å². The highest BCUT2D eigenvalue weighted by Gasteiger charge is 2.52. The highest BCUT2D eigenvalue weighted by Crippen LogP contribution is 2.49. The van der Waals surface area contributed by atoms with Gasteiger partial charge in [-0.1, -0.05) is 24.3 Å². The Morgan fingerprint density at radius 2 is 1.66 bits per heavy atom. The van der Waals surface area contributed by atoms with E-state index in [-0.39, 0.29) is 18.4 Å². The third-order valence-corrected chi connectivity index (χ3v) is 7.06. The van der Waals surface area contributed by atoms with E-state index in [0.717, 1.165) is 30.7 Å². The molecule has 2 aromatic carbocycles. The number of carbonyl (C=O) groups excluding carboxylic acids is 2. The van der Waals surface area contributed by atoms with Crippen LogP contribution in [0.1, 0.15) is 36.0 Å². The summed E-state index contributed by atoms with van der Waals surface area (Å²) in [7, 11) is 1.78. The summed E-state index contributed by atoms with van der Waals surface area (Å²) in [5.41, 5.74) is -0.894. The van der Waals surface area contributed by atoms with Gasteiger partial charge in [-0.25, -0.2) is 0 Å². The van der Waals surface area contributed by atoms with Crippen molar-refractivity contribution in [3.8, 4) is 5.75 Å². The van der Waals surface area contributed by atoms with Gasteiger partial charge in [-0.2, -0.15) is 13.2 Å². The van der Waals surface area contributed by atoms with Crippen molar-refractivity contribution < 1.29 is 40.7 Å². The van der Waals surface area contributed by atoms with Crippen LogP contribution in [0.5, 0.6) is 5.75 Å². The Hall–Kier alpha value is -3.28. The first kappa shape index (κ1) is 27.7. The van der Waals surface area contributed by atoms with E-state index in [4.69, 9.17) is 0 Å². The summed E-state index contributed by atoms with van der Waals surface area (Å²) in [6.45, 7) is 0.899. The molecule has 1 aliphatic heterocycles. The third-order valence-electron chi connectivity index (χ3n) is 7.06. The quantitative estimate of drug-likeness (QED) is 0.491. The molecule has 38 heavy (non-hydrogen) atoms. The fourth-order valence-electron chi connectivity index (χ4n) is 4.73. The number of nitrogens with one attached hydrogen (secondary N) is 2. The van der Waals surface area contributed by atoms with E-state index in [1.807, 2.05) is 0 Å². The molecule has 1 heterocycles. The van der Waals surface area contributed by atoms with E-state index in [9.17, 15) is 35.9 Å². The first-order valence-electron chi connectivity index (χ1n) is 12.1. The van der Waals surface area contributed by atoms with Gasteiger partial charge in [0, 0.05) is 25.6 Å². The largest absolute Gasteiger partial charge is 0.573 e. The highest BCUT2D eigenvalue weighted by atomic mass is 19.4. The Morgan fingerprint density at radius 1 is 1.03 bits per heavy atom. The summed E-state index contributed by atoms with van der Waals surface area (Å²) in [5, 5.41) is 5.89. The Bertz CT molecular complexity index is 1140. The van der Waals surface area contributed by atoms with Crippen molar-refractivity contribution in [2.75, 3.05) is 20.1 Å². The van der Waals surface area contributed by atoms with Gasteiger partial charge < -0.3 is 20.3 Å². The van der Waals surface area contributed by atoms with Crippen LogP contribution in [0.4, 0.5) is 26.3 Å². The van der Waals surface area contributed by atoms with Crippen LogP contribution < -0.4 is 15.4 Å². The van der Waals surface area contributed by atoms with Gasteiger partial charge in [0.05, 0.1) is 11.0 Å². The van der Waals surface area contributed by atoms with Gasteiger partial charge in [0.2, 0.25) is 11.8 Å². The summed E-state index contributed by atoms with van der Waals surface area (Å²) in [6.07, 6.45) is -7.77. The van der Waals surface area contributed by atoms with Crippen LogP contribution in [0.3, 0.4) is 0 Å². The number of alkyl halides is 6. The maximum atomic E-state index is 13.4. The molecule has 0 aromatic heterocycles. The van der Waals surface area contributed by atoms with E-state index in [0.29, 0.717) is 37.1 Å². The van der Waals surface area contributed by atoms with Gasteiger partial charge in [-0.15, -0.1) is 13.2 Å². The summed E-state index contributed by atoms with van der Waals surface area (Å²) in [4.78, 5) is 28.4. The van der Waals surface area contributed by atoms with Crippen molar-refractivity contribution in [3.63, 3.8) is 0 Å². The molecular formula is C26H27F6N3O3. The summed E-state index contributed by atoms with van der Waals surface area (Å²) in [6, 6.07) is 8.51. The molecule has 2 N–H and O–H groups in total. The number of likely N-dealkylation sites (N-methyl/N-ethyl adjacent to an activating group) is 1. The molecular weight excluding hydrogens is 516 g/mol. The van der Waals surface area contributed by atoms with Gasteiger partial charge in [0.15, 0.2) is 0 Å². The first-order valence-corrected chi connectivity index (χ1v) is 12.1. The lowest BCUT2D eigenvalue weighted by atomic mass is 9.93. The lowest BCUT2D eigenvalue weighted by molar-refractivity contribution is -0.274. The zero-order valence-electron chi connectivity index (χ0n) is 20.5. The Labute approximate surface area is 215 Å². The van der Waals surface area contributed by atoms with Crippen LogP contribution in [-0.4, -0.2) is 55.3 Å². The second-order valence-electron chi connectivity index (χ2n) is 9.64. The maximum Gasteiger partial charge on any atom is 0.573 e. The molecule has 6 nitrogen and oxygen atoms in total. The molecule has 2 fully saturated rings. The summed E-state index contributed by atoms with van der Waals surface area (Å²) >= 11 is 0. The number of carbonyl (C=O) groups is 2. The minimum absolute atomic E-state index is 0.0160. The van der Waals surface area contributed by atoms with E-state index >= 15 is 0 Å².